The maximum Gasteiger partial charge on any atom is 0.238 e. The Hall–Kier alpha value is -1.88. The highest BCUT2D eigenvalue weighted by Crippen LogP contribution is 2.31. The van der Waals surface area contributed by atoms with Gasteiger partial charge in [-0.25, -0.2) is 0 Å². The molecule has 1 N–H and O–H groups in total. The van der Waals surface area contributed by atoms with Crippen molar-refractivity contribution in [2.24, 2.45) is 5.92 Å². The van der Waals surface area contributed by atoms with Crippen molar-refractivity contribution in [3.05, 3.63) is 28.8 Å². The van der Waals surface area contributed by atoms with Crippen LogP contribution in [0.15, 0.2) is 12.1 Å². The first-order valence-electron chi connectivity index (χ1n) is 8.83. The summed E-state index contributed by atoms with van der Waals surface area (Å²) in [5.74, 6) is 0.615. The second-order valence-corrected chi connectivity index (χ2v) is 7.20. The summed E-state index contributed by atoms with van der Waals surface area (Å²) in [4.78, 5) is 28.5. The largest absolute Gasteiger partial charge is 0.340 e. The van der Waals surface area contributed by atoms with Crippen LogP contribution in [0.1, 0.15) is 29.5 Å². The van der Waals surface area contributed by atoms with Gasteiger partial charge in [-0.3, -0.25) is 14.5 Å². The number of aryl methyl sites for hydroxylation is 3. The smallest absolute Gasteiger partial charge is 0.238 e. The molecular weight excluding hydrogens is 302 g/mol. The van der Waals surface area contributed by atoms with Gasteiger partial charge in [0.05, 0.1) is 6.54 Å². The van der Waals surface area contributed by atoms with Crippen LogP contribution in [0.2, 0.25) is 0 Å². The van der Waals surface area contributed by atoms with E-state index in [0.29, 0.717) is 12.5 Å². The number of hydrogen-bond donors (Lipinski definition) is 1. The number of rotatable bonds is 4. The van der Waals surface area contributed by atoms with Crippen molar-refractivity contribution < 1.29 is 9.59 Å². The predicted octanol–water partition coefficient (Wildman–Crippen LogP) is 2.10. The molecule has 0 spiro atoms. The van der Waals surface area contributed by atoms with Crippen LogP contribution in [0.5, 0.6) is 0 Å². The molecule has 1 aliphatic heterocycles. The average Bonchev–Trinajstić information content (AvgIpc) is 3.36. The minimum absolute atomic E-state index is 0.0204. The minimum Gasteiger partial charge on any atom is -0.340 e. The summed E-state index contributed by atoms with van der Waals surface area (Å²) in [7, 11) is 0. The van der Waals surface area contributed by atoms with Crippen molar-refractivity contribution in [3.8, 4) is 0 Å². The molecule has 1 aromatic carbocycles. The van der Waals surface area contributed by atoms with Gasteiger partial charge in [-0.2, -0.15) is 0 Å². The third kappa shape index (κ3) is 3.96. The highest BCUT2D eigenvalue weighted by atomic mass is 16.2. The number of benzene rings is 1. The zero-order valence-corrected chi connectivity index (χ0v) is 14.9. The van der Waals surface area contributed by atoms with Crippen molar-refractivity contribution in [1.82, 2.24) is 9.80 Å². The maximum absolute atomic E-state index is 12.4. The van der Waals surface area contributed by atoms with Gasteiger partial charge in [-0.15, -0.1) is 0 Å². The first-order chi connectivity index (χ1) is 11.4. The van der Waals surface area contributed by atoms with Crippen molar-refractivity contribution >= 4 is 17.5 Å². The lowest BCUT2D eigenvalue weighted by atomic mass is 10.1. The van der Waals surface area contributed by atoms with E-state index in [-0.39, 0.29) is 11.8 Å². The van der Waals surface area contributed by atoms with Gasteiger partial charge in [0, 0.05) is 37.8 Å². The molecule has 2 amide bonds. The summed E-state index contributed by atoms with van der Waals surface area (Å²) in [6.07, 6.45) is 2.10. The summed E-state index contributed by atoms with van der Waals surface area (Å²) in [6, 6.07) is 4.18. The average molecular weight is 329 g/mol. The Morgan fingerprint density at radius 3 is 2.17 bits per heavy atom. The molecule has 1 heterocycles. The number of nitrogens with one attached hydrogen (secondary N) is 1. The van der Waals surface area contributed by atoms with Crippen LogP contribution in [0, 0.1) is 26.7 Å². The molecule has 5 heteroatoms. The molecule has 1 saturated carbocycles. The molecule has 2 aliphatic rings. The van der Waals surface area contributed by atoms with Crippen LogP contribution in [0.3, 0.4) is 0 Å². The number of anilines is 1. The van der Waals surface area contributed by atoms with Crippen LogP contribution in [0.25, 0.3) is 0 Å². The molecule has 0 bridgehead atoms. The third-order valence-electron chi connectivity index (χ3n) is 4.92. The first kappa shape index (κ1) is 17.0. The maximum atomic E-state index is 12.4. The van der Waals surface area contributed by atoms with E-state index in [1.54, 1.807) is 0 Å². The Balaban J connectivity index is 1.50. The first-order valence-corrected chi connectivity index (χ1v) is 8.83. The van der Waals surface area contributed by atoms with Gasteiger partial charge in [-0.1, -0.05) is 17.7 Å². The van der Waals surface area contributed by atoms with E-state index in [9.17, 15) is 9.59 Å². The molecule has 2 fully saturated rings. The molecule has 3 rings (SSSR count). The van der Waals surface area contributed by atoms with Crippen molar-refractivity contribution in [2.45, 2.75) is 33.6 Å². The molecule has 0 atom stereocenters. The van der Waals surface area contributed by atoms with E-state index in [2.05, 4.69) is 29.3 Å². The van der Waals surface area contributed by atoms with E-state index in [4.69, 9.17) is 0 Å². The Morgan fingerprint density at radius 1 is 1.04 bits per heavy atom. The fourth-order valence-electron chi connectivity index (χ4n) is 3.47. The number of carbonyl (C=O) groups is 2. The molecular formula is C19H27N3O2. The van der Waals surface area contributed by atoms with E-state index < -0.39 is 0 Å². The predicted molar refractivity (Wildman–Crippen MR) is 95.0 cm³/mol. The highest BCUT2D eigenvalue weighted by Gasteiger charge is 2.34. The topological polar surface area (TPSA) is 52.7 Å². The Labute approximate surface area is 144 Å². The fourth-order valence-corrected chi connectivity index (χ4v) is 3.47. The lowest BCUT2D eigenvalue weighted by molar-refractivity contribution is -0.134. The summed E-state index contributed by atoms with van der Waals surface area (Å²) in [6.45, 7) is 9.54. The lowest BCUT2D eigenvalue weighted by Gasteiger charge is -2.34. The van der Waals surface area contributed by atoms with E-state index in [1.807, 2.05) is 18.7 Å². The number of piperazine rings is 1. The van der Waals surface area contributed by atoms with Gasteiger partial charge < -0.3 is 10.2 Å². The summed E-state index contributed by atoms with van der Waals surface area (Å²) < 4.78 is 0. The van der Waals surface area contributed by atoms with E-state index in [1.165, 1.54) is 5.56 Å². The molecule has 130 valence electrons. The molecule has 0 unspecified atom stereocenters. The standard InChI is InChI=1S/C19H27N3O2/c1-13-10-14(2)18(15(3)11-13)20-17(23)12-21-6-8-22(9-7-21)19(24)16-4-5-16/h10-11,16H,4-9,12H2,1-3H3,(H,20,23). The number of carbonyl (C=O) groups excluding carboxylic acids is 2. The van der Waals surface area contributed by atoms with E-state index >= 15 is 0 Å². The second-order valence-electron chi connectivity index (χ2n) is 7.20. The zero-order valence-electron chi connectivity index (χ0n) is 14.9. The van der Waals surface area contributed by atoms with Crippen LogP contribution in [-0.4, -0.2) is 54.3 Å². The van der Waals surface area contributed by atoms with Gasteiger partial charge >= 0.3 is 0 Å². The zero-order chi connectivity index (χ0) is 17.3. The van der Waals surface area contributed by atoms with Gasteiger partial charge in [0.15, 0.2) is 0 Å². The second kappa shape index (κ2) is 6.93. The third-order valence-corrected chi connectivity index (χ3v) is 4.92. The SMILES string of the molecule is Cc1cc(C)c(NC(=O)CN2CCN(C(=O)C3CC3)CC2)c(C)c1. The van der Waals surface area contributed by atoms with Crippen LogP contribution in [-0.2, 0) is 9.59 Å². The number of nitrogens with zero attached hydrogens (tertiary/aromatic N) is 2. The van der Waals surface area contributed by atoms with Gasteiger partial charge in [0.2, 0.25) is 11.8 Å². The monoisotopic (exact) mass is 329 g/mol. The lowest BCUT2D eigenvalue weighted by Crippen LogP contribution is -2.50. The van der Waals surface area contributed by atoms with E-state index in [0.717, 1.165) is 55.8 Å². The van der Waals surface area contributed by atoms with Crippen molar-refractivity contribution in [1.29, 1.82) is 0 Å². The molecule has 0 radical (unpaired) electrons. The summed E-state index contributed by atoms with van der Waals surface area (Å²) >= 11 is 0. The van der Waals surface area contributed by atoms with Gasteiger partial charge in [-0.05, 0) is 44.7 Å². The molecule has 1 aliphatic carbocycles. The Kier molecular flexibility index (Phi) is 4.90. The normalized spacial score (nSPS) is 18.5. The summed E-state index contributed by atoms with van der Waals surface area (Å²) in [5, 5.41) is 3.05. The van der Waals surface area contributed by atoms with Crippen LogP contribution in [0.4, 0.5) is 5.69 Å². The quantitative estimate of drug-likeness (QED) is 0.920. The fraction of sp³-hybridized carbons (Fsp3) is 0.579. The van der Waals surface area contributed by atoms with Crippen LogP contribution >= 0.6 is 0 Å². The number of hydrogen-bond acceptors (Lipinski definition) is 3. The van der Waals surface area contributed by atoms with Crippen molar-refractivity contribution in [3.63, 3.8) is 0 Å². The molecule has 1 aromatic rings. The molecule has 0 aromatic heterocycles. The minimum atomic E-state index is 0.0204. The van der Waals surface area contributed by atoms with Gasteiger partial charge in [0.1, 0.15) is 0 Å². The molecule has 24 heavy (non-hydrogen) atoms. The molecule has 5 nitrogen and oxygen atoms in total. The van der Waals surface area contributed by atoms with Crippen LogP contribution < -0.4 is 5.32 Å². The molecule has 1 saturated heterocycles. The Bertz CT molecular complexity index is 621. The van der Waals surface area contributed by atoms with Crippen molar-refractivity contribution in [2.75, 3.05) is 38.0 Å². The Morgan fingerprint density at radius 2 is 1.62 bits per heavy atom. The van der Waals surface area contributed by atoms with Gasteiger partial charge in [0.25, 0.3) is 0 Å². The summed E-state index contributed by atoms with van der Waals surface area (Å²) in [5.41, 5.74) is 4.33. The highest BCUT2D eigenvalue weighted by molar-refractivity contribution is 5.93. The number of amides is 2.